The molecule has 21 heavy (non-hydrogen) atoms. The molecule has 4 nitrogen and oxygen atoms in total. The third kappa shape index (κ3) is 5.14. The van der Waals surface area contributed by atoms with Crippen molar-refractivity contribution >= 4 is 5.91 Å². The first-order valence-corrected chi connectivity index (χ1v) is 8.06. The molecule has 1 aromatic carbocycles. The van der Waals surface area contributed by atoms with Gasteiger partial charge in [0.25, 0.3) is 0 Å². The molecular formula is C17H27N3O. The molecule has 1 saturated heterocycles. The monoisotopic (exact) mass is 289 g/mol. The maximum atomic E-state index is 12.3. The van der Waals surface area contributed by atoms with Crippen molar-refractivity contribution in [3.05, 3.63) is 35.9 Å². The highest BCUT2D eigenvalue weighted by molar-refractivity contribution is 5.83. The molecule has 0 aromatic heterocycles. The average molecular weight is 289 g/mol. The summed E-state index contributed by atoms with van der Waals surface area (Å²) in [7, 11) is 0. The molecule has 0 saturated carbocycles. The van der Waals surface area contributed by atoms with Gasteiger partial charge in [0.1, 0.15) is 0 Å². The highest BCUT2D eigenvalue weighted by atomic mass is 16.1. The largest absolute Gasteiger partial charge is 0.354 e. The van der Waals surface area contributed by atoms with Gasteiger partial charge in [-0.1, -0.05) is 43.2 Å². The second kappa shape index (κ2) is 8.80. The molecule has 0 bridgehead atoms. The van der Waals surface area contributed by atoms with Gasteiger partial charge in [0, 0.05) is 19.6 Å². The van der Waals surface area contributed by atoms with Crippen molar-refractivity contribution in [2.75, 3.05) is 32.7 Å². The molecule has 1 atom stereocenters. The zero-order valence-electron chi connectivity index (χ0n) is 12.8. The third-order valence-corrected chi connectivity index (χ3v) is 4.18. The normalized spacial score (nSPS) is 18.0. The van der Waals surface area contributed by atoms with Crippen LogP contribution in [0.5, 0.6) is 0 Å². The van der Waals surface area contributed by atoms with E-state index >= 15 is 0 Å². The van der Waals surface area contributed by atoms with Crippen LogP contribution in [0.1, 0.15) is 37.2 Å². The van der Waals surface area contributed by atoms with E-state index in [9.17, 15) is 4.79 Å². The van der Waals surface area contributed by atoms with E-state index in [0.717, 1.165) is 25.2 Å². The van der Waals surface area contributed by atoms with Crippen LogP contribution in [0.25, 0.3) is 0 Å². The van der Waals surface area contributed by atoms with Crippen molar-refractivity contribution in [1.82, 2.24) is 10.2 Å². The van der Waals surface area contributed by atoms with E-state index in [1.807, 2.05) is 30.3 Å². The van der Waals surface area contributed by atoms with Crippen molar-refractivity contribution in [3.63, 3.8) is 0 Å². The van der Waals surface area contributed by atoms with Crippen LogP contribution in [-0.4, -0.2) is 43.5 Å². The number of amides is 1. The van der Waals surface area contributed by atoms with Crippen LogP contribution in [0, 0.1) is 0 Å². The maximum absolute atomic E-state index is 12.3. The minimum atomic E-state index is -0.240. The lowest BCUT2D eigenvalue weighted by molar-refractivity contribution is -0.122. The number of likely N-dealkylation sites (tertiary alicyclic amines) is 1. The number of benzene rings is 1. The number of carbonyl (C=O) groups excluding carboxylic acids is 1. The molecule has 1 aromatic rings. The summed E-state index contributed by atoms with van der Waals surface area (Å²) in [5.41, 5.74) is 6.76. The van der Waals surface area contributed by atoms with Gasteiger partial charge in [-0.05, 0) is 31.5 Å². The number of carbonyl (C=O) groups is 1. The molecule has 0 radical (unpaired) electrons. The van der Waals surface area contributed by atoms with Crippen LogP contribution < -0.4 is 11.1 Å². The van der Waals surface area contributed by atoms with E-state index < -0.39 is 0 Å². The van der Waals surface area contributed by atoms with Gasteiger partial charge in [0.05, 0.1) is 5.92 Å². The summed E-state index contributed by atoms with van der Waals surface area (Å²) >= 11 is 0. The Hall–Kier alpha value is -1.39. The number of nitrogens with two attached hydrogens (primary N) is 1. The molecular weight excluding hydrogens is 262 g/mol. The van der Waals surface area contributed by atoms with Crippen LogP contribution in [0.3, 0.4) is 0 Å². The number of nitrogens with zero attached hydrogens (tertiary/aromatic N) is 1. The molecule has 3 N–H and O–H groups in total. The fraction of sp³-hybridized carbons (Fsp3) is 0.588. The van der Waals surface area contributed by atoms with Gasteiger partial charge in [-0.25, -0.2) is 0 Å². The smallest absolute Gasteiger partial charge is 0.228 e. The van der Waals surface area contributed by atoms with Gasteiger partial charge in [0.2, 0.25) is 5.91 Å². The van der Waals surface area contributed by atoms with Crippen LogP contribution in [0.15, 0.2) is 30.3 Å². The standard InChI is InChI=1S/C17H27N3O/c18-14-16(15-8-4-3-5-9-15)17(21)19-10-13-20-11-6-1-2-7-12-20/h3-5,8-9,16H,1-2,6-7,10-14,18H2,(H,19,21). The fourth-order valence-corrected chi connectivity index (χ4v) is 2.90. The van der Waals surface area contributed by atoms with E-state index in [1.54, 1.807) is 0 Å². The number of nitrogens with one attached hydrogen (secondary N) is 1. The van der Waals surface area contributed by atoms with Crippen LogP contribution >= 0.6 is 0 Å². The van der Waals surface area contributed by atoms with Crippen LogP contribution in [0.2, 0.25) is 0 Å². The number of hydrogen-bond acceptors (Lipinski definition) is 3. The Morgan fingerprint density at radius 1 is 1.14 bits per heavy atom. The predicted molar refractivity (Wildman–Crippen MR) is 86.2 cm³/mol. The van der Waals surface area contributed by atoms with E-state index in [0.29, 0.717) is 13.1 Å². The van der Waals surface area contributed by atoms with Crippen molar-refractivity contribution in [1.29, 1.82) is 0 Å². The lowest BCUT2D eigenvalue weighted by Crippen LogP contribution is -2.39. The predicted octanol–water partition coefficient (Wildman–Crippen LogP) is 1.72. The summed E-state index contributed by atoms with van der Waals surface area (Å²) in [6, 6.07) is 9.77. The van der Waals surface area contributed by atoms with Gasteiger partial charge in [0.15, 0.2) is 0 Å². The van der Waals surface area contributed by atoms with E-state index in [-0.39, 0.29) is 11.8 Å². The third-order valence-electron chi connectivity index (χ3n) is 4.18. The SMILES string of the molecule is NCC(C(=O)NCCN1CCCCCC1)c1ccccc1. The quantitative estimate of drug-likeness (QED) is 0.838. The van der Waals surface area contributed by atoms with Gasteiger partial charge in [-0.3, -0.25) is 4.79 Å². The Labute approximate surface area is 127 Å². The Kier molecular flexibility index (Phi) is 6.70. The maximum Gasteiger partial charge on any atom is 0.228 e. The Bertz CT molecular complexity index is 413. The van der Waals surface area contributed by atoms with E-state index in [2.05, 4.69) is 10.2 Å². The van der Waals surface area contributed by atoms with E-state index in [4.69, 9.17) is 5.73 Å². The van der Waals surface area contributed by atoms with Gasteiger partial charge < -0.3 is 16.0 Å². The Morgan fingerprint density at radius 3 is 2.43 bits per heavy atom. The van der Waals surface area contributed by atoms with Crippen LogP contribution in [-0.2, 0) is 4.79 Å². The van der Waals surface area contributed by atoms with Gasteiger partial charge in [-0.15, -0.1) is 0 Å². The molecule has 1 aliphatic heterocycles. The second-order valence-corrected chi connectivity index (χ2v) is 5.75. The second-order valence-electron chi connectivity index (χ2n) is 5.75. The summed E-state index contributed by atoms with van der Waals surface area (Å²) in [6.45, 7) is 4.32. The van der Waals surface area contributed by atoms with Crippen molar-refractivity contribution in [3.8, 4) is 0 Å². The molecule has 4 heteroatoms. The first-order valence-electron chi connectivity index (χ1n) is 8.06. The number of rotatable bonds is 6. The summed E-state index contributed by atoms with van der Waals surface area (Å²) in [6.07, 6.45) is 5.24. The van der Waals surface area contributed by atoms with Crippen LogP contribution in [0.4, 0.5) is 0 Å². The zero-order valence-corrected chi connectivity index (χ0v) is 12.8. The summed E-state index contributed by atoms with van der Waals surface area (Å²) in [5.74, 6) is -0.200. The highest BCUT2D eigenvalue weighted by Crippen LogP contribution is 2.14. The summed E-state index contributed by atoms with van der Waals surface area (Å²) in [5, 5.41) is 3.04. The average Bonchev–Trinajstić information content (AvgIpc) is 2.78. The van der Waals surface area contributed by atoms with Gasteiger partial charge >= 0.3 is 0 Å². The first kappa shape index (κ1) is 16.0. The molecule has 1 fully saturated rings. The fourth-order valence-electron chi connectivity index (χ4n) is 2.90. The molecule has 1 unspecified atom stereocenters. The summed E-state index contributed by atoms with van der Waals surface area (Å²) in [4.78, 5) is 14.7. The molecule has 2 rings (SSSR count). The van der Waals surface area contributed by atoms with Gasteiger partial charge in [-0.2, -0.15) is 0 Å². The van der Waals surface area contributed by atoms with Crippen molar-refractivity contribution < 1.29 is 4.79 Å². The highest BCUT2D eigenvalue weighted by Gasteiger charge is 2.18. The molecule has 0 spiro atoms. The molecule has 1 aliphatic rings. The first-order chi connectivity index (χ1) is 10.3. The minimum Gasteiger partial charge on any atom is -0.354 e. The van der Waals surface area contributed by atoms with E-state index in [1.165, 1.54) is 25.7 Å². The Morgan fingerprint density at radius 2 is 1.81 bits per heavy atom. The zero-order chi connectivity index (χ0) is 14.9. The molecule has 0 aliphatic carbocycles. The lowest BCUT2D eigenvalue weighted by atomic mass is 9.98. The topological polar surface area (TPSA) is 58.4 Å². The summed E-state index contributed by atoms with van der Waals surface area (Å²) < 4.78 is 0. The van der Waals surface area contributed by atoms with Crippen molar-refractivity contribution in [2.24, 2.45) is 5.73 Å². The molecule has 116 valence electrons. The number of hydrogen-bond donors (Lipinski definition) is 2. The molecule has 1 amide bonds. The van der Waals surface area contributed by atoms with Crippen molar-refractivity contribution in [2.45, 2.75) is 31.6 Å². The molecule has 1 heterocycles. The lowest BCUT2D eigenvalue weighted by Gasteiger charge is -2.21. The minimum absolute atomic E-state index is 0.0403. The Balaban J connectivity index is 1.77.